The highest BCUT2D eigenvalue weighted by Gasteiger charge is 2.26. The summed E-state index contributed by atoms with van der Waals surface area (Å²) in [5.41, 5.74) is 0. The van der Waals surface area contributed by atoms with Crippen LogP contribution in [0.3, 0.4) is 0 Å². The van der Waals surface area contributed by atoms with Crippen molar-refractivity contribution in [3.05, 3.63) is 29.0 Å². The third-order valence-electron chi connectivity index (χ3n) is 2.60. The van der Waals surface area contributed by atoms with Gasteiger partial charge in [-0.15, -0.1) is 0 Å². The van der Waals surface area contributed by atoms with Crippen molar-refractivity contribution in [1.82, 2.24) is 0 Å². The van der Waals surface area contributed by atoms with Gasteiger partial charge < -0.3 is 9.84 Å². The summed E-state index contributed by atoms with van der Waals surface area (Å²) in [4.78, 5) is 0. The molecular weight excluding hydrogens is 219 g/mol. The van der Waals surface area contributed by atoms with Crippen LogP contribution >= 0.6 is 11.6 Å². The molecule has 0 radical (unpaired) electrons. The summed E-state index contributed by atoms with van der Waals surface area (Å²) in [6.45, 7) is 0. The lowest BCUT2D eigenvalue weighted by atomic mass is 10.2. The van der Waals surface area contributed by atoms with Gasteiger partial charge >= 0.3 is 0 Å². The summed E-state index contributed by atoms with van der Waals surface area (Å²) in [5.74, 6) is 0.0448. The van der Waals surface area contributed by atoms with E-state index in [1.54, 1.807) is 0 Å². The van der Waals surface area contributed by atoms with E-state index < -0.39 is 11.9 Å². The molecule has 2 unspecified atom stereocenters. The van der Waals surface area contributed by atoms with Crippen LogP contribution in [0.25, 0.3) is 0 Å². The van der Waals surface area contributed by atoms with Crippen LogP contribution in [0.1, 0.15) is 19.3 Å². The average molecular weight is 231 g/mol. The zero-order valence-electron chi connectivity index (χ0n) is 8.12. The van der Waals surface area contributed by atoms with Gasteiger partial charge in [0.15, 0.2) is 0 Å². The van der Waals surface area contributed by atoms with Crippen LogP contribution in [-0.4, -0.2) is 17.3 Å². The van der Waals surface area contributed by atoms with Crippen LogP contribution in [0.15, 0.2) is 18.2 Å². The van der Waals surface area contributed by atoms with Gasteiger partial charge in [0.2, 0.25) is 0 Å². The lowest BCUT2D eigenvalue weighted by molar-refractivity contribution is 0.0603. The quantitative estimate of drug-likeness (QED) is 0.847. The monoisotopic (exact) mass is 230 g/mol. The van der Waals surface area contributed by atoms with Crippen molar-refractivity contribution in [3.63, 3.8) is 0 Å². The van der Waals surface area contributed by atoms with Crippen molar-refractivity contribution in [3.8, 4) is 5.75 Å². The topological polar surface area (TPSA) is 29.5 Å². The summed E-state index contributed by atoms with van der Waals surface area (Å²) >= 11 is 5.62. The van der Waals surface area contributed by atoms with Gasteiger partial charge in [0, 0.05) is 6.07 Å². The van der Waals surface area contributed by atoms with E-state index in [1.165, 1.54) is 18.2 Å². The Hall–Kier alpha value is -0.800. The molecule has 1 N–H and O–H groups in total. The number of ether oxygens (including phenoxy) is 1. The van der Waals surface area contributed by atoms with E-state index in [1.807, 2.05) is 0 Å². The minimum absolute atomic E-state index is 0.0417. The minimum Gasteiger partial charge on any atom is -0.488 e. The number of aliphatic hydroxyl groups excluding tert-OH is 1. The van der Waals surface area contributed by atoms with Gasteiger partial charge in [-0.1, -0.05) is 11.6 Å². The molecule has 2 nitrogen and oxygen atoms in total. The first kappa shape index (κ1) is 10.7. The van der Waals surface area contributed by atoms with Gasteiger partial charge in [-0.05, 0) is 31.4 Å². The van der Waals surface area contributed by atoms with Gasteiger partial charge in [0.05, 0.1) is 11.1 Å². The third-order valence-corrected chi connectivity index (χ3v) is 2.89. The first-order valence-electron chi connectivity index (χ1n) is 4.96. The molecule has 1 fully saturated rings. The standard InChI is InChI=1S/C11H12ClFO2/c12-8-6-7(4-5-9(8)13)15-11-3-1-2-10(11)14/h4-6,10-11,14H,1-3H2. The molecule has 0 amide bonds. The van der Waals surface area contributed by atoms with Crippen LogP contribution in [0.2, 0.25) is 5.02 Å². The van der Waals surface area contributed by atoms with Gasteiger partial charge in [-0.3, -0.25) is 0 Å². The Morgan fingerprint density at radius 2 is 2.20 bits per heavy atom. The molecule has 2 rings (SSSR count). The molecule has 82 valence electrons. The molecule has 1 aromatic carbocycles. The lowest BCUT2D eigenvalue weighted by Crippen LogP contribution is -2.25. The largest absolute Gasteiger partial charge is 0.488 e. The summed E-state index contributed by atoms with van der Waals surface area (Å²) in [7, 11) is 0. The molecule has 15 heavy (non-hydrogen) atoms. The fraction of sp³-hybridized carbons (Fsp3) is 0.455. The van der Waals surface area contributed by atoms with Gasteiger partial charge in [-0.2, -0.15) is 0 Å². The highest BCUT2D eigenvalue weighted by Crippen LogP contribution is 2.27. The third kappa shape index (κ3) is 2.41. The van der Waals surface area contributed by atoms with Gasteiger partial charge in [-0.25, -0.2) is 4.39 Å². The van der Waals surface area contributed by atoms with Gasteiger partial charge in [0.25, 0.3) is 0 Å². The van der Waals surface area contributed by atoms with Crippen molar-refractivity contribution in [2.75, 3.05) is 0 Å². The first-order valence-corrected chi connectivity index (χ1v) is 5.34. The van der Waals surface area contributed by atoms with E-state index in [4.69, 9.17) is 16.3 Å². The Bertz CT molecular complexity index is 356. The minimum atomic E-state index is -0.462. The van der Waals surface area contributed by atoms with Crippen molar-refractivity contribution in [2.24, 2.45) is 0 Å². The second-order valence-corrected chi connectivity index (χ2v) is 4.14. The van der Waals surface area contributed by atoms with E-state index in [-0.39, 0.29) is 11.1 Å². The molecule has 0 bridgehead atoms. The van der Waals surface area contributed by atoms with E-state index in [0.29, 0.717) is 5.75 Å². The maximum Gasteiger partial charge on any atom is 0.142 e. The number of rotatable bonds is 2. The normalized spacial score (nSPS) is 25.5. The number of benzene rings is 1. The molecule has 1 aliphatic carbocycles. The van der Waals surface area contributed by atoms with Crippen LogP contribution in [0.5, 0.6) is 5.75 Å². The zero-order valence-corrected chi connectivity index (χ0v) is 8.88. The predicted molar refractivity (Wildman–Crippen MR) is 55.7 cm³/mol. The molecule has 0 saturated heterocycles. The molecule has 0 heterocycles. The summed E-state index contributed by atoms with van der Waals surface area (Å²) in [6.07, 6.45) is 1.94. The maximum atomic E-state index is 12.9. The Morgan fingerprint density at radius 3 is 2.80 bits per heavy atom. The lowest BCUT2D eigenvalue weighted by Gasteiger charge is -2.17. The Morgan fingerprint density at radius 1 is 1.40 bits per heavy atom. The molecule has 0 aliphatic heterocycles. The summed E-state index contributed by atoms with van der Waals surface area (Å²) in [6, 6.07) is 4.22. The van der Waals surface area contributed by atoms with Crippen LogP contribution in [-0.2, 0) is 0 Å². The zero-order chi connectivity index (χ0) is 10.8. The van der Waals surface area contributed by atoms with Crippen LogP contribution in [0, 0.1) is 5.82 Å². The molecule has 1 aliphatic rings. The summed E-state index contributed by atoms with van der Waals surface area (Å²) < 4.78 is 18.4. The highest BCUT2D eigenvalue weighted by atomic mass is 35.5. The van der Waals surface area contributed by atoms with E-state index >= 15 is 0 Å². The van der Waals surface area contributed by atoms with Crippen LogP contribution < -0.4 is 4.74 Å². The highest BCUT2D eigenvalue weighted by molar-refractivity contribution is 6.30. The predicted octanol–water partition coefficient (Wildman–Crippen LogP) is 2.77. The second kappa shape index (κ2) is 4.37. The molecule has 1 aromatic rings. The first-order chi connectivity index (χ1) is 7.16. The Labute approximate surface area is 92.6 Å². The van der Waals surface area contributed by atoms with E-state index in [2.05, 4.69) is 0 Å². The van der Waals surface area contributed by atoms with Crippen LogP contribution in [0.4, 0.5) is 4.39 Å². The van der Waals surface area contributed by atoms with Crippen molar-refractivity contribution in [2.45, 2.75) is 31.5 Å². The average Bonchev–Trinajstić information content (AvgIpc) is 2.59. The van der Waals surface area contributed by atoms with Gasteiger partial charge in [0.1, 0.15) is 17.7 Å². The fourth-order valence-corrected chi connectivity index (χ4v) is 1.94. The van der Waals surface area contributed by atoms with Crippen molar-refractivity contribution >= 4 is 11.6 Å². The van der Waals surface area contributed by atoms with Crippen molar-refractivity contribution in [1.29, 1.82) is 0 Å². The molecule has 0 spiro atoms. The second-order valence-electron chi connectivity index (χ2n) is 3.73. The molecule has 0 aromatic heterocycles. The number of halogens is 2. The molecular formula is C11H12ClFO2. The Balaban J connectivity index is 2.07. The van der Waals surface area contributed by atoms with Crippen molar-refractivity contribution < 1.29 is 14.2 Å². The number of hydrogen-bond acceptors (Lipinski definition) is 2. The molecule has 1 saturated carbocycles. The van der Waals surface area contributed by atoms with E-state index in [9.17, 15) is 9.50 Å². The SMILES string of the molecule is OC1CCCC1Oc1ccc(F)c(Cl)c1. The summed E-state index contributed by atoms with van der Waals surface area (Å²) in [5, 5.41) is 9.58. The number of hydrogen-bond donors (Lipinski definition) is 1. The fourth-order valence-electron chi connectivity index (χ4n) is 1.77. The Kier molecular flexibility index (Phi) is 3.12. The number of aliphatic hydroxyl groups is 1. The maximum absolute atomic E-state index is 12.9. The smallest absolute Gasteiger partial charge is 0.142 e. The molecule has 4 heteroatoms. The van der Waals surface area contributed by atoms with E-state index in [0.717, 1.165) is 19.3 Å². The molecule has 2 atom stereocenters.